The third-order valence-corrected chi connectivity index (χ3v) is 4.59. The minimum atomic E-state index is -0.619. The maximum atomic E-state index is 10.7. The Balaban J connectivity index is 1.75. The van der Waals surface area contributed by atoms with Gasteiger partial charge in [0.15, 0.2) is 5.65 Å². The van der Waals surface area contributed by atoms with Gasteiger partial charge < -0.3 is 15.1 Å². The van der Waals surface area contributed by atoms with Crippen LogP contribution >= 0.6 is 0 Å². The van der Waals surface area contributed by atoms with Crippen LogP contribution in [0.25, 0.3) is 33.7 Å². The summed E-state index contributed by atoms with van der Waals surface area (Å²) in [5, 5.41) is 10.7. The van der Waals surface area contributed by atoms with Gasteiger partial charge in [0.1, 0.15) is 5.52 Å². The van der Waals surface area contributed by atoms with Gasteiger partial charge in [0.25, 0.3) is 0 Å². The number of aromatic nitrogens is 4. The monoisotopic (exact) mass is 346 g/mol. The Morgan fingerprint density at radius 2 is 1.77 bits per heavy atom. The SMILES string of the molecule is CC(C)(C)C(O)c1c[nH]c2ncc(-c3c[nH]c(-c4ccccc4)c3)nc12. The van der Waals surface area contributed by atoms with Gasteiger partial charge in [0.05, 0.1) is 18.0 Å². The Morgan fingerprint density at radius 1 is 1.00 bits per heavy atom. The number of aliphatic hydroxyl groups excluding tert-OH is 1. The van der Waals surface area contributed by atoms with Crippen LogP contribution in [0.1, 0.15) is 32.4 Å². The molecule has 5 heteroatoms. The van der Waals surface area contributed by atoms with Crippen LogP contribution in [0, 0.1) is 5.41 Å². The lowest BCUT2D eigenvalue weighted by Gasteiger charge is -2.25. The summed E-state index contributed by atoms with van der Waals surface area (Å²) in [4.78, 5) is 15.7. The van der Waals surface area contributed by atoms with E-state index in [4.69, 9.17) is 4.98 Å². The van der Waals surface area contributed by atoms with E-state index in [1.165, 1.54) is 0 Å². The average Bonchev–Trinajstić information content (AvgIpc) is 3.28. The molecular weight excluding hydrogens is 324 g/mol. The minimum Gasteiger partial charge on any atom is -0.388 e. The highest BCUT2D eigenvalue weighted by molar-refractivity contribution is 5.79. The van der Waals surface area contributed by atoms with Crippen LogP contribution in [-0.4, -0.2) is 25.0 Å². The highest BCUT2D eigenvalue weighted by atomic mass is 16.3. The summed E-state index contributed by atoms with van der Waals surface area (Å²) in [6, 6.07) is 12.2. The second-order valence-electron chi connectivity index (χ2n) is 7.63. The standard InChI is InChI=1S/C21H22N4O/c1-21(2,3)19(26)15-11-23-20-18(15)25-17(12-24-20)14-9-16(22-10-14)13-7-5-4-6-8-13/h4-12,19,22,26H,1-3H3,(H,23,24). The minimum absolute atomic E-state index is 0.276. The number of hydrogen-bond donors (Lipinski definition) is 3. The normalized spacial score (nSPS) is 13.2. The number of aliphatic hydroxyl groups is 1. The molecule has 3 aromatic heterocycles. The largest absolute Gasteiger partial charge is 0.388 e. The lowest BCUT2D eigenvalue weighted by molar-refractivity contribution is 0.0638. The van der Waals surface area contributed by atoms with E-state index < -0.39 is 6.10 Å². The van der Waals surface area contributed by atoms with Crippen LogP contribution in [0.5, 0.6) is 0 Å². The van der Waals surface area contributed by atoms with Crippen molar-refractivity contribution in [1.82, 2.24) is 19.9 Å². The number of nitrogens with one attached hydrogen (secondary N) is 2. The van der Waals surface area contributed by atoms with Gasteiger partial charge in [-0.15, -0.1) is 0 Å². The first-order valence-corrected chi connectivity index (χ1v) is 8.70. The molecule has 0 radical (unpaired) electrons. The molecule has 0 aliphatic carbocycles. The van der Waals surface area contributed by atoms with Crippen molar-refractivity contribution in [2.75, 3.05) is 0 Å². The van der Waals surface area contributed by atoms with Gasteiger partial charge in [-0.05, 0) is 17.0 Å². The molecule has 4 aromatic rings. The Kier molecular flexibility index (Phi) is 3.89. The Bertz CT molecular complexity index is 1040. The van der Waals surface area contributed by atoms with Crippen molar-refractivity contribution in [3.63, 3.8) is 0 Å². The molecule has 0 aliphatic rings. The van der Waals surface area contributed by atoms with Gasteiger partial charge in [-0.25, -0.2) is 9.97 Å². The smallest absolute Gasteiger partial charge is 0.156 e. The van der Waals surface area contributed by atoms with Crippen LogP contribution in [0.15, 0.2) is 55.0 Å². The quantitative estimate of drug-likeness (QED) is 0.503. The summed E-state index contributed by atoms with van der Waals surface area (Å²) in [5.41, 5.74) is 5.80. The third-order valence-electron chi connectivity index (χ3n) is 4.59. The van der Waals surface area contributed by atoms with Crippen molar-refractivity contribution < 1.29 is 5.11 Å². The first-order valence-electron chi connectivity index (χ1n) is 8.70. The van der Waals surface area contributed by atoms with Crippen LogP contribution in [0.2, 0.25) is 0 Å². The molecule has 26 heavy (non-hydrogen) atoms. The molecule has 0 bridgehead atoms. The molecule has 0 spiro atoms. The molecule has 3 heterocycles. The summed E-state index contributed by atoms with van der Waals surface area (Å²) in [7, 11) is 0. The van der Waals surface area contributed by atoms with Gasteiger partial charge >= 0.3 is 0 Å². The number of fused-ring (bicyclic) bond motifs is 1. The maximum absolute atomic E-state index is 10.7. The van der Waals surface area contributed by atoms with E-state index in [0.29, 0.717) is 11.2 Å². The highest BCUT2D eigenvalue weighted by Crippen LogP contribution is 2.36. The fourth-order valence-electron chi connectivity index (χ4n) is 3.05. The summed E-state index contributed by atoms with van der Waals surface area (Å²) in [6.07, 6.45) is 4.87. The first-order chi connectivity index (χ1) is 12.4. The van der Waals surface area contributed by atoms with Crippen LogP contribution < -0.4 is 0 Å². The molecule has 1 unspecified atom stereocenters. The number of rotatable bonds is 3. The number of aromatic amines is 2. The van der Waals surface area contributed by atoms with Crippen molar-refractivity contribution in [1.29, 1.82) is 0 Å². The van der Waals surface area contributed by atoms with Gasteiger partial charge in [0, 0.05) is 29.2 Å². The van der Waals surface area contributed by atoms with Crippen LogP contribution in [0.4, 0.5) is 0 Å². The average molecular weight is 346 g/mol. The Labute approximate surface area is 152 Å². The van der Waals surface area contributed by atoms with E-state index in [9.17, 15) is 5.11 Å². The van der Waals surface area contributed by atoms with Crippen molar-refractivity contribution >= 4 is 11.2 Å². The molecule has 5 nitrogen and oxygen atoms in total. The lowest BCUT2D eigenvalue weighted by Crippen LogP contribution is -2.17. The second kappa shape index (κ2) is 6.11. The molecule has 3 N–H and O–H groups in total. The van der Waals surface area contributed by atoms with E-state index in [0.717, 1.165) is 28.1 Å². The molecule has 0 aliphatic heterocycles. The summed E-state index contributed by atoms with van der Waals surface area (Å²) in [6.45, 7) is 6.02. The predicted molar refractivity (Wildman–Crippen MR) is 104 cm³/mol. The van der Waals surface area contributed by atoms with Crippen molar-refractivity contribution in [2.45, 2.75) is 26.9 Å². The fraction of sp³-hybridized carbons (Fsp3) is 0.238. The van der Waals surface area contributed by atoms with Crippen molar-refractivity contribution in [2.24, 2.45) is 5.41 Å². The number of hydrogen-bond acceptors (Lipinski definition) is 3. The first kappa shape index (κ1) is 16.5. The molecule has 0 fully saturated rings. The number of nitrogens with zero attached hydrogens (tertiary/aromatic N) is 2. The zero-order valence-corrected chi connectivity index (χ0v) is 15.1. The zero-order valence-electron chi connectivity index (χ0n) is 15.1. The lowest BCUT2D eigenvalue weighted by atomic mass is 9.85. The Morgan fingerprint density at radius 3 is 2.50 bits per heavy atom. The topological polar surface area (TPSA) is 77.6 Å². The molecule has 4 rings (SSSR count). The van der Waals surface area contributed by atoms with Crippen LogP contribution in [-0.2, 0) is 0 Å². The molecule has 1 atom stereocenters. The molecule has 0 amide bonds. The highest BCUT2D eigenvalue weighted by Gasteiger charge is 2.27. The molecule has 0 saturated carbocycles. The van der Waals surface area contributed by atoms with Crippen molar-refractivity contribution in [3.05, 3.63) is 60.6 Å². The van der Waals surface area contributed by atoms with Crippen molar-refractivity contribution in [3.8, 4) is 22.5 Å². The fourth-order valence-corrected chi connectivity index (χ4v) is 3.05. The third kappa shape index (κ3) is 2.91. The van der Waals surface area contributed by atoms with Gasteiger partial charge in [-0.2, -0.15) is 0 Å². The number of H-pyrrole nitrogens is 2. The molecule has 0 saturated heterocycles. The van der Waals surface area contributed by atoms with E-state index >= 15 is 0 Å². The zero-order chi connectivity index (χ0) is 18.3. The number of benzene rings is 1. The summed E-state index contributed by atoms with van der Waals surface area (Å²) >= 11 is 0. The van der Waals surface area contributed by atoms with Gasteiger partial charge in [-0.3, -0.25) is 0 Å². The Hall–Kier alpha value is -2.92. The van der Waals surface area contributed by atoms with E-state index in [1.54, 1.807) is 12.4 Å². The molecule has 132 valence electrons. The van der Waals surface area contributed by atoms with E-state index in [1.807, 2.05) is 45.2 Å². The van der Waals surface area contributed by atoms with Gasteiger partial charge in [0.2, 0.25) is 0 Å². The summed E-state index contributed by atoms with van der Waals surface area (Å²) in [5.74, 6) is 0. The van der Waals surface area contributed by atoms with Crippen LogP contribution in [0.3, 0.4) is 0 Å². The molecular formula is C21H22N4O. The maximum Gasteiger partial charge on any atom is 0.156 e. The predicted octanol–water partition coefficient (Wildman–Crippen LogP) is 4.70. The van der Waals surface area contributed by atoms with E-state index in [-0.39, 0.29) is 5.41 Å². The van der Waals surface area contributed by atoms with E-state index in [2.05, 4.69) is 33.2 Å². The summed E-state index contributed by atoms with van der Waals surface area (Å²) < 4.78 is 0. The second-order valence-corrected chi connectivity index (χ2v) is 7.63. The van der Waals surface area contributed by atoms with Gasteiger partial charge in [-0.1, -0.05) is 51.1 Å². The molecule has 1 aromatic carbocycles.